The van der Waals surface area contributed by atoms with Gasteiger partial charge in [-0.3, -0.25) is 9.59 Å². The number of benzene rings is 2. The van der Waals surface area contributed by atoms with Crippen LogP contribution in [0.3, 0.4) is 0 Å². The molecule has 11 nitrogen and oxygen atoms in total. The van der Waals surface area contributed by atoms with Crippen molar-refractivity contribution in [1.29, 1.82) is 0 Å². The number of ether oxygens (including phenoxy) is 1. The Bertz CT molecular complexity index is 1320. The molecule has 0 aromatic heterocycles. The predicted molar refractivity (Wildman–Crippen MR) is 162 cm³/mol. The number of halogens is 1. The molecule has 0 spiro atoms. The maximum absolute atomic E-state index is 13.9. The van der Waals surface area contributed by atoms with Crippen LogP contribution in [-0.2, 0) is 27.3 Å². The summed E-state index contributed by atoms with van der Waals surface area (Å²) in [5, 5.41) is 8.64. The van der Waals surface area contributed by atoms with Crippen molar-refractivity contribution in [1.82, 2.24) is 30.5 Å². The lowest BCUT2D eigenvalue weighted by Crippen LogP contribution is -2.76. The summed E-state index contributed by atoms with van der Waals surface area (Å²) in [6.07, 6.45) is 2.98. The Kier molecular flexibility index (Phi) is 11.5. The van der Waals surface area contributed by atoms with Gasteiger partial charge in [-0.25, -0.2) is 24.0 Å². The third kappa shape index (κ3) is 8.22. The van der Waals surface area contributed by atoms with E-state index < -0.39 is 24.3 Å². The molecule has 2 N–H and O–H groups in total. The third-order valence-corrected chi connectivity index (χ3v) is 7.50. The van der Waals surface area contributed by atoms with Crippen molar-refractivity contribution < 1.29 is 28.3 Å². The number of urea groups is 1. The van der Waals surface area contributed by atoms with Crippen molar-refractivity contribution in [3.05, 3.63) is 96.9 Å². The number of nitrogens with one attached hydrogen (secondary N) is 2. The second-order valence-electron chi connectivity index (χ2n) is 10.5. The Hall–Kier alpha value is -4.71. The minimum absolute atomic E-state index is 0.0769. The van der Waals surface area contributed by atoms with Crippen LogP contribution in [0, 0.1) is 5.82 Å². The standard InChI is InChI=1S/C32H39FN6O5/c1-3-18-37-23-29(40)38-27(11-8-17-34-32(43)44-20-4-2)30(41)36(19-16-24-9-6-5-7-10-24)22-28(38)39(37)31(42)35-21-25-12-14-26(33)15-13-25/h3-7,9-10,12-15,27-28H,1-2,8,11,16-23H2,(H,34,43)(H,35,42)/t27-,28-/m0/s1. The molecule has 0 saturated carbocycles. The molecule has 234 valence electrons. The second kappa shape index (κ2) is 15.7. The van der Waals surface area contributed by atoms with Crippen LogP contribution in [-0.4, -0.2) is 95.3 Å². The molecule has 2 heterocycles. The van der Waals surface area contributed by atoms with E-state index in [-0.39, 0.29) is 63.4 Å². The molecule has 2 aromatic rings. The molecule has 2 aliphatic rings. The number of hydrazine groups is 1. The minimum Gasteiger partial charge on any atom is -0.445 e. The van der Waals surface area contributed by atoms with Gasteiger partial charge in [-0.1, -0.05) is 61.2 Å². The largest absolute Gasteiger partial charge is 0.445 e. The normalized spacial score (nSPS) is 18.4. The molecule has 0 aliphatic carbocycles. The molecule has 2 atom stereocenters. The fourth-order valence-corrected chi connectivity index (χ4v) is 5.42. The van der Waals surface area contributed by atoms with Crippen molar-refractivity contribution in [2.45, 2.75) is 38.0 Å². The van der Waals surface area contributed by atoms with Gasteiger partial charge in [0.1, 0.15) is 24.6 Å². The highest BCUT2D eigenvalue weighted by atomic mass is 19.1. The second-order valence-corrected chi connectivity index (χ2v) is 10.5. The van der Waals surface area contributed by atoms with Gasteiger partial charge in [0.15, 0.2) is 0 Å². The van der Waals surface area contributed by atoms with Crippen molar-refractivity contribution in [2.24, 2.45) is 0 Å². The van der Waals surface area contributed by atoms with Gasteiger partial charge in [-0.15, -0.1) is 6.58 Å². The lowest BCUT2D eigenvalue weighted by molar-refractivity contribution is -0.189. The number of amides is 5. The Morgan fingerprint density at radius 3 is 2.45 bits per heavy atom. The Balaban J connectivity index is 1.56. The van der Waals surface area contributed by atoms with Gasteiger partial charge in [-0.05, 0) is 42.5 Å². The van der Waals surface area contributed by atoms with E-state index in [1.807, 2.05) is 30.3 Å². The maximum atomic E-state index is 13.9. The Labute approximate surface area is 256 Å². The summed E-state index contributed by atoms with van der Waals surface area (Å²) in [5.41, 5.74) is 1.77. The molecule has 2 fully saturated rings. The van der Waals surface area contributed by atoms with Gasteiger partial charge in [-0.2, -0.15) is 0 Å². The Morgan fingerprint density at radius 2 is 1.75 bits per heavy atom. The number of fused-ring (bicyclic) bond motifs is 1. The predicted octanol–water partition coefficient (Wildman–Crippen LogP) is 3.05. The third-order valence-electron chi connectivity index (χ3n) is 7.50. The smallest absolute Gasteiger partial charge is 0.407 e. The topological polar surface area (TPSA) is 115 Å². The van der Waals surface area contributed by atoms with Crippen molar-refractivity contribution in [3.8, 4) is 0 Å². The summed E-state index contributed by atoms with van der Waals surface area (Å²) in [5.74, 6) is -0.859. The number of alkyl carbamates (subject to hydrolysis) is 1. The summed E-state index contributed by atoms with van der Waals surface area (Å²) in [7, 11) is 0. The zero-order chi connectivity index (χ0) is 31.5. The van der Waals surface area contributed by atoms with Crippen LogP contribution < -0.4 is 10.6 Å². The average Bonchev–Trinajstić information content (AvgIpc) is 3.02. The quantitative estimate of drug-likeness (QED) is 0.268. The lowest BCUT2D eigenvalue weighted by atomic mass is 10.0. The van der Waals surface area contributed by atoms with E-state index >= 15 is 0 Å². The molecule has 5 amide bonds. The summed E-state index contributed by atoms with van der Waals surface area (Å²) in [6, 6.07) is 14.3. The summed E-state index contributed by atoms with van der Waals surface area (Å²) in [6.45, 7) is 8.40. The van der Waals surface area contributed by atoms with E-state index in [0.717, 1.165) is 5.56 Å². The highest BCUT2D eigenvalue weighted by molar-refractivity contribution is 5.91. The molecule has 4 rings (SSSR count). The summed E-state index contributed by atoms with van der Waals surface area (Å²) < 4.78 is 18.3. The lowest BCUT2D eigenvalue weighted by Gasteiger charge is -2.55. The number of carbonyl (C=O) groups is 4. The first-order valence-electron chi connectivity index (χ1n) is 14.6. The van der Waals surface area contributed by atoms with Crippen LogP contribution >= 0.6 is 0 Å². The molecule has 44 heavy (non-hydrogen) atoms. The number of hydrogen-bond donors (Lipinski definition) is 2. The molecule has 2 saturated heterocycles. The molecule has 0 unspecified atom stereocenters. The maximum Gasteiger partial charge on any atom is 0.407 e. The monoisotopic (exact) mass is 606 g/mol. The van der Waals surface area contributed by atoms with Crippen LogP contribution in [0.2, 0.25) is 0 Å². The van der Waals surface area contributed by atoms with Crippen LogP contribution in [0.4, 0.5) is 14.0 Å². The zero-order valence-corrected chi connectivity index (χ0v) is 24.7. The van der Waals surface area contributed by atoms with E-state index in [0.29, 0.717) is 24.9 Å². The Morgan fingerprint density at radius 1 is 1.00 bits per heavy atom. The van der Waals surface area contributed by atoms with E-state index in [1.54, 1.807) is 28.1 Å². The van der Waals surface area contributed by atoms with E-state index in [9.17, 15) is 23.6 Å². The first-order valence-corrected chi connectivity index (χ1v) is 14.6. The number of nitrogens with zero attached hydrogens (tertiary/aromatic N) is 4. The zero-order valence-electron chi connectivity index (χ0n) is 24.7. The van der Waals surface area contributed by atoms with Gasteiger partial charge in [0, 0.05) is 26.2 Å². The van der Waals surface area contributed by atoms with Crippen LogP contribution in [0.25, 0.3) is 0 Å². The highest BCUT2D eigenvalue weighted by Crippen LogP contribution is 2.28. The van der Waals surface area contributed by atoms with Gasteiger partial charge < -0.3 is 25.2 Å². The molecular formula is C32H39FN6O5. The molecule has 0 bridgehead atoms. The van der Waals surface area contributed by atoms with Gasteiger partial charge in [0.25, 0.3) is 0 Å². The van der Waals surface area contributed by atoms with E-state index in [4.69, 9.17) is 4.74 Å². The molecule has 2 aromatic carbocycles. The van der Waals surface area contributed by atoms with Crippen LogP contribution in [0.15, 0.2) is 79.9 Å². The number of hydrogen-bond acceptors (Lipinski definition) is 6. The van der Waals surface area contributed by atoms with Crippen molar-refractivity contribution in [2.75, 3.05) is 39.3 Å². The minimum atomic E-state index is -0.832. The summed E-state index contributed by atoms with van der Waals surface area (Å²) in [4.78, 5) is 56.3. The van der Waals surface area contributed by atoms with Gasteiger partial charge in [0.05, 0.1) is 13.1 Å². The first-order chi connectivity index (χ1) is 21.3. The van der Waals surface area contributed by atoms with Gasteiger partial charge >= 0.3 is 12.1 Å². The average molecular weight is 607 g/mol. The highest BCUT2D eigenvalue weighted by Gasteiger charge is 2.50. The van der Waals surface area contributed by atoms with Crippen molar-refractivity contribution in [3.63, 3.8) is 0 Å². The van der Waals surface area contributed by atoms with Crippen LogP contribution in [0.1, 0.15) is 24.0 Å². The van der Waals surface area contributed by atoms with Crippen LogP contribution in [0.5, 0.6) is 0 Å². The fourth-order valence-electron chi connectivity index (χ4n) is 5.42. The number of carbonyl (C=O) groups excluding carboxylic acids is 4. The van der Waals surface area contributed by atoms with E-state index in [1.165, 1.54) is 28.1 Å². The molecule has 12 heteroatoms. The SMILES string of the molecule is C=CCOC(=O)NCCC[C@H]1C(=O)N(CCc2ccccc2)C[C@H]2N1C(=O)CN(CC=C)N2C(=O)NCc1ccc(F)cc1. The number of piperazine rings is 1. The molecule has 2 aliphatic heterocycles. The number of rotatable bonds is 13. The molecule has 0 radical (unpaired) electrons. The summed E-state index contributed by atoms with van der Waals surface area (Å²) >= 11 is 0. The van der Waals surface area contributed by atoms with Crippen molar-refractivity contribution >= 4 is 23.9 Å². The van der Waals surface area contributed by atoms with Gasteiger partial charge in [0.2, 0.25) is 11.8 Å². The fraction of sp³-hybridized carbons (Fsp3) is 0.375. The molecular weight excluding hydrogens is 567 g/mol. The van der Waals surface area contributed by atoms with E-state index in [2.05, 4.69) is 23.8 Å². The first kappa shape index (κ1) is 32.2.